The van der Waals surface area contributed by atoms with E-state index in [1.54, 1.807) is 10.7 Å². The van der Waals surface area contributed by atoms with Crippen molar-refractivity contribution < 1.29 is 25.8 Å². The van der Waals surface area contributed by atoms with Gasteiger partial charge in [0.2, 0.25) is 5.88 Å². The minimum atomic E-state index is 0. The van der Waals surface area contributed by atoms with Crippen LogP contribution in [0, 0.1) is 17.4 Å². The molecule has 0 amide bonds. The number of nitriles is 1. The number of benzene rings is 1. The number of hydrogen-bond donors (Lipinski definition) is 0. The van der Waals surface area contributed by atoms with Crippen LogP contribution in [0.1, 0.15) is 5.56 Å². The van der Waals surface area contributed by atoms with Crippen molar-refractivity contribution in [3.8, 4) is 17.6 Å². The van der Waals surface area contributed by atoms with Gasteiger partial charge in [0.15, 0.2) is 0 Å². The molecule has 0 fully saturated rings. The number of para-hydroxylation sites is 1. The van der Waals surface area contributed by atoms with Gasteiger partial charge < -0.3 is 4.74 Å². The van der Waals surface area contributed by atoms with Gasteiger partial charge in [0.1, 0.15) is 11.6 Å². The molecular formula is C11H8N3OPt-. The van der Waals surface area contributed by atoms with E-state index in [0.717, 1.165) is 5.69 Å². The van der Waals surface area contributed by atoms with Crippen molar-refractivity contribution in [3.63, 3.8) is 0 Å². The van der Waals surface area contributed by atoms with Gasteiger partial charge in [-0.05, 0) is 5.69 Å². The maximum Gasteiger partial charge on any atom is 0.232 e. The summed E-state index contributed by atoms with van der Waals surface area (Å²) in [5.41, 5.74) is 1.16. The van der Waals surface area contributed by atoms with Gasteiger partial charge in [-0.2, -0.15) is 34.6 Å². The summed E-state index contributed by atoms with van der Waals surface area (Å²) in [4.78, 5) is 0. The molecule has 0 atom stereocenters. The van der Waals surface area contributed by atoms with E-state index in [-0.39, 0.29) is 21.1 Å². The molecule has 0 aliphatic heterocycles. The Hall–Kier alpha value is -1.59. The number of methoxy groups -OCH3 is 1. The van der Waals surface area contributed by atoms with Crippen LogP contribution in [-0.4, -0.2) is 16.9 Å². The molecule has 0 N–H and O–H groups in total. The van der Waals surface area contributed by atoms with Gasteiger partial charge in [-0.3, -0.25) is 0 Å². The molecule has 0 saturated heterocycles. The molecule has 0 unspecified atom stereocenters. The summed E-state index contributed by atoms with van der Waals surface area (Å²) in [7, 11) is 1.51. The summed E-state index contributed by atoms with van der Waals surface area (Å²) in [5, 5.41) is 12.9. The summed E-state index contributed by atoms with van der Waals surface area (Å²) in [6, 6.07) is 12.4. The Morgan fingerprint density at radius 1 is 1.50 bits per heavy atom. The molecule has 2 rings (SSSR count). The van der Waals surface area contributed by atoms with Crippen LogP contribution >= 0.6 is 0 Å². The van der Waals surface area contributed by atoms with Crippen LogP contribution in [-0.2, 0) is 21.1 Å². The van der Waals surface area contributed by atoms with Gasteiger partial charge in [0.05, 0.1) is 13.3 Å². The van der Waals surface area contributed by atoms with Gasteiger partial charge in [0.25, 0.3) is 0 Å². The van der Waals surface area contributed by atoms with E-state index in [2.05, 4.69) is 11.2 Å². The van der Waals surface area contributed by atoms with E-state index in [0.29, 0.717) is 11.4 Å². The fourth-order valence-electron chi connectivity index (χ4n) is 1.30. The Bertz CT molecular complexity index is 502. The largest absolute Gasteiger partial charge is 0.480 e. The van der Waals surface area contributed by atoms with Crippen LogP contribution in [0.15, 0.2) is 30.5 Å². The van der Waals surface area contributed by atoms with Crippen LogP contribution in [0.3, 0.4) is 0 Å². The zero-order chi connectivity index (χ0) is 10.7. The summed E-state index contributed by atoms with van der Waals surface area (Å²) >= 11 is 0. The fourth-order valence-corrected chi connectivity index (χ4v) is 1.30. The van der Waals surface area contributed by atoms with Crippen LogP contribution in [0.5, 0.6) is 5.88 Å². The van der Waals surface area contributed by atoms with E-state index >= 15 is 0 Å². The van der Waals surface area contributed by atoms with E-state index in [1.165, 1.54) is 13.3 Å². The van der Waals surface area contributed by atoms with Crippen molar-refractivity contribution in [2.75, 3.05) is 7.11 Å². The van der Waals surface area contributed by atoms with Crippen molar-refractivity contribution in [2.24, 2.45) is 0 Å². The molecule has 0 aliphatic carbocycles. The van der Waals surface area contributed by atoms with Crippen LogP contribution in [0.25, 0.3) is 5.69 Å². The summed E-state index contributed by atoms with van der Waals surface area (Å²) in [6.07, 6.45) is 1.47. The summed E-state index contributed by atoms with van der Waals surface area (Å²) in [6.45, 7) is 0. The molecule has 0 aliphatic rings. The van der Waals surface area contributed by atoms with Crippen LogP contribution < -0.4 is 4.74 Å². The van der Waals surface area contributed by atoms with E-state index in [4.69, 9.17) is 10.00 Å². The topological polar surface area (TPSA) is 50.8 Å². The molecule has 1 aromatic heterocycles. The Morgan fingerprint density at radius 3 is 2.88 bits per heavy atom. The molecule has 1 aromatic carbocycles. The number of rotatable bonds is 2. The summed E-state index contributed by atoms with van der Waals surface area (Å²) in [5.74, 6) is 0.431. The zero-order valence-corrected chi connectivity index (χ0v) is 10.7. The van der Waals surface area contributed by atoms with Gasteiger partial charge in [-0.1, -0.05) is 0 Å². The van der Waals surface area contributed by atoms with Crippen molar-refractivity contribution in [3.05, 3.63) is 42.1 Å². The predicted octanol–water partition coefficient (Wildman–Crippen LogP) is 1.55. The number of hydrogen-bond acceptors (Lipinski definition) is 3. The van der Waals surface area contributed by atoms with E-state index in [9.17, 15) is 0 Å². The monoisotopic (exact) mass is 393 g/mol. The Morgan fingerprint density at radius 2 is 2.31 bits per heavy atom. The SMILES string of the molecule is COc1c(C#N)cnn1-c1[c-]cccc1.[Pt]. The van der Waals surface area contributed by atoms with Crippen molar-refractivity contribution >= 4 is 0 Å². The molecular weight excluding hydrogens is 385 g/mol. The maximum absolute atomic E-state index is 8.82. The molecule has 0 saturated carbocycles. The van der Waals surface area contributed by atoms with Crippen molar-refractivity contribution in [1.29, 1.82) is 5.26 Å². The number of aromatic nitrogens is 2. The van der Waals surface area contributed by atoms with Crippen LogP contribution in [0.2, 0.25) is 0 Å². The van der Waals surface area contributed by atoms with E-state index < -0.39 is 0 Å². The molecule has 0 bridgehead atoms. The molecule has 84 valence electrons. The van der Waals surface area contributed by atoms with Gasteiger partial charge in [-0.15, -0.1) is 6.07 Å². The average molecular weight is 393 g/mol. The van der Waals surface area contributed by atoms with Gasteiger partial charge in [-0.25, -0.2) is 4.68 Å². The second-order valence-corrected chi connectivity index (χ2v) is 2.84. The first-order chi connectivity index (χ1) is 7.36. The average Bonchev–Trinajstić information content (AvgIpc) is 2.72. The number of nitrogens with zero attached hydrogens (tertiary/aromatic N) is 3. The zero-order valence-electron chi connectivity index (χ0n) is 8.45. The first kappa shape index (κ1) is 12.5. The molecule has 16 heavy (non-hydrogen) atoms. The van der Waals surface area contributed by atoms with Gasteiger partial charge in [0, 0.05) is 21.1 Å². The van der Waals surface area contributed by atoms with Crippen LogP contribution in [0.4, 0.5) is 0 Å². The van der Waals surface area contributed by atoms with Gasteiger partial charge >= 0.3 is 0 Å². The molecule has 5 heteroatoms. The molecule has 0 radical (unpaired) electrons. The first-order valence-corrected chi connectivity index (χ1v) is 4.36. The predicted molar refractivity (Wildman–Crippen MR) is 53.7 cm³/mol. The second-order valence-electron chi connectivity index (χ2n) is 2.84. The molecule has 2 aromatic rings. The Labute approximate surface area is 108 Å². The smallest absolute Gasteiger partial charge is 0.232 e. The third-order valence-corrected chi connectivity index (χ3v) is 1.96. The molecule has 1 heterocycles. The summed E-state index contributed by atoms with van der Waals surface area (Å²) < 4.78 is 6.66. The minimum absolute atomic E-state index is 0. The van der Waals surface area contributed by atoms with Crippen molar-refractivity contribution in [2.45, 2.75) is 0 Å². The number of ether oxygens (including phenoxy) is 1. The third kappa shape index (κ3) is 2.15. The third-order valence-electron chi connectivity index (χ3n) is 1.96. The van der Waals surface area contributed by atoms with E-state index in [1.807, 2.05) is 24.3 Å². The maximum atomic E-state index is 8.82. The second kappa shape index (κ2) is 5.48. The Balaban J connectivity index is 0.00000128. The molecule has 4 nitrogen and oxygen atoms in total. The Kier molecular flexibility index (Phi) is 4.27. The minimum Gasteiger partial charge on any atom is -0.480 e. The quantitative estimate of drug-likeness (QED) is 0.728. The van der Waals surface area contributed by atoms with Crippen molar-refractivity contribution in [1.82, 2.24) is 9.78 Å². The fraction of sp³-hybridized carbons (Fsp3) is 0.0909. The normalized spacial score (nSPS) is 9.00. The first-order valence-electron chi connectivity index (χ1n) is 4.36. The molecule has 0 spiro atoms. The standard InChI is InChI=1S/C11H8N3O.Pt/c1-15-11-9(7-12)8-13-14(11)10-5-3-2-4-6-10;/h2-5,8H,1H3;/q-1;.